The van der Waals surface area contributed by atoms with Gasteiger partial charge in [-0.05, 0) is 25.0 Å². The first kappa shape index (κ1) is 17.2. The Balaban J connectivity index is 1.80. The fourth-order valence-electron chi connectivity index (χ4n) is 2.65. The second-order valence-corrected chi connectivity index (χ2v) is 6.10. The Labute approximate surface area is 151 Å². The molecule has 130 valence electrons. The van der Waals surface area contributed by atoms with Gasteiger partial charge in [0.25, 0.3) is 5.91 Å². The lowest BCUT2D eigenvalue weighted by Gasteiger charge is -2.21. The van der Waals surface area contributed by atoms with E-state index in [0.29, 0.717) is 17.7 Å². The predicted octanol–water partition coefficient (Wildman–Crippen LogP) is 4.51. The van der Waals surface area contributed by atoms with Gasteiger partial charge in [0.1, 0.15) is 12.0 Å². The number of rotatable bonds is 4. The SMILES string of the molecule is COc1cc(C(=O)N2C=COC(CC3=CC=CCC3)=C2)cc(Cl)c1O. The van der Waals surface area contributed by atoms with Crippen molar-refractivity contribution in [2.45, 2.75) is 19.3 Å². The summed E-state index contributed by atoms with van der Waals surface area (Å²) < 4.78 is 10.6. The maximum atomic E-state index is 12.7. The zero-order chi connectivity index (χ0) is 17.8. The molecule has 1 aliphatic carbocycles. The zero-order valence-electron chi connectivity index (χ0n) is 13.7. The normalized spacial score (nSPS) is 16.2. The first-order chi connectivity index (χ1) is 12.1. The highest BCUT2D eigenvalue weighted by Crippen LogP contribution is 2.35. The number of phenols is 1. The molecular formula is C19H18ClNO4. The van der Waals surface area contributed by atoms with E-state index < -0.39 is 0 Å². The molecule has 1 N–H and O–H groups in total. The Kier molecular flexibility index (Phi) is 5.14. The second kappa shape index (κ2) is 7.49. The Morgan fingerprint density at radius 1 is 1.44 bits per heavy atom. The van der Waals surface area contributed by atoms with E-state index in [4.69, 9.17) is 21.1 Å². The van der Waals surface area contributed by atoms with Gasteiger partial charge in [-0.25, -0.2) is 0 Å². The number of allylic oxidation sites excluding steroid dienone is 4. The predicted molar refractivity (Wildman–Crippen MR) is 95.2 cm³/mol. The van der Waals surface area contributed by atoms with Gasteiger partial charge in [-0.3, -0.25) is 9.69 Å². The largest absolute Gasteiger partial charge is 0.503 e. The van der Waals surface area contributed by atoms with E-state index in [0.717, 1.165) is 12.8 Å². The van der Waals surface area contributed by atoms with Crippen LogP contribution in [0, 0.1) is 0 Å². The molecule has 0 saturated heterocycles. The fourth-order valence-corrected chi connectivity index (χ4v) is 2.86. The quantitative estimate of drug-likeness (QED) is 0.859. The molecule has 0 atom stereocenters. The van der Waals surface area contributed by atoms with Gasteiger partial charge in [-0.15, -0.1) is 0 Å². The molecule has 0 radical (unpaired) electrons. The molecule has 25 heavy (non-hydrogen) atoms. The van der Waals surface area contributed by atoms with Crippen molar-refractivity contribution in [3.8, 4) is 11.5 Å². The molecule has 3 rings (SSSR count). The number of benzene rings is 1. The van der Waals surface area contributed by atoms with Gasteiger partial charge in [-0.2, -0.15) is 0 Å². The summed E-state index contributed by atoms with van der Waals surface area (Å²) in [6, 6.07) is 2.86. The minimum absolute atomic E-state index is 0.0586. The van der Waals surface area contributed by atoms with Crippen LogP contribution in [-0.2, 0) is 4.74 Å². The molecule has 0 unspecified atom stereocenters. The van der Waals surface area contributed by atoms with Crippen LogP contribution in [0.25, 0.3) is 0 Å². The first-order valence-corrected chi connectivity index (χ1v) is 8.24. The van der Waals surface area contributed by atoms with Gasteiger partial charge >= 0.3 is 0 Å². The third kappa shape index (κ3) is 3.88. The zero-order valence-corrected chi connectivity index (χ0v) is 14.5. The van der Waals surface area contributed by atoms with Crippen LogP contribution >= 0.6 is 11.6 Å². The van der Waals surface area contributed by atoms with E-state index in [9.17, 15) is 9.90 Å². The minimum Gasteiger partial charge on any atom is -0.503 e. The van der Waals surface area contributed by atoms with Crippen LogP contribution in [-0.4, -0.2) is 23.0 Å². The molecule has 1 heterocycles. The lowest BCUT2D eigenvalue weighted by Crippen LogP contribution is -2.23. The van der Waals surface area contributed by atoms with E-state index in [2.05, 4.69) is 12.2 Å². The van der Waals surface area contributed by atoms with Crippen molar-refractivity contribution < 1.29 is 19.4 Å². The van der Waals surface area contributed by atoms with Crippen LogP contribution in [0.15, 0.2) is 60.4 Å². The molecule has 1 aliphatic heterocycles. The smallest absolute Gasteiger partial charge is 0.262 e. The van der Waals surface area contributed by atoms with E-state index in [1.807, 2.05) is 6.08 Å². The number of hydrogen-bond donors (Lipinski definition) is 1. The van der Waals surface area contributed by atoms with Crippen LogP contribution in [0.5, 0.6) is 11.5 Å². The van der Waals surface area contributed by atoms with Gasteiger partial charge in [0.2, 0.25) is 0 Å². The van der Waals surface area contributed by atoms with Crippen molar-refractivity contribution in [1.82, 2.24) is 4.90 Å². The highest BCUT2D eigenvalue weighted by molar-refractivity contribution is 6.32. The number of hydrogen-bond acceptors (Lipinski definition) is 4. The summed E-state index contributed by atoms with van der Waals surface area (Å²) >= 11 is 5.97. The third-order valence-corrected chi connectivity index (χ3v) is 4.24. The van der Waals surface area contributed by atoms with Gasteiger partial charge in [0.05, 0.1) is 18.3 Å². The summed E-state index contributed by atoms with van der Waals surface area (Å²) in [6.07, 6.45) is 13.6. The number of halogens is 1. The molecule has 0 spiro atoms. The Morgan fingerprint density at radius 2 is 2.28 bits per heavy atom. The van der Waals surface area contributed by atoms with Gasteiger partial charge < -0.3 is 14.6 Å². The molecule has 1 amide bonds. The number of nitrogens with zero attached hydrogens (tertiary/aromatic N) is 1. The first-order valence-electron chi connectivity index (χ1n) is 7.86. The van der Waals surface area contributed by atoms with E-state index >= 15 is 0 Å². The van der Waals surface area contributed by atoms with Gasteiger partial charge in [0.15, 0.2) is 11.5 Å². The minimum atomic E-state index is -0.297. The maximum Gasteiger partial charge on any atom is 0.262 e. The van der Waals surface area contributed by atoms with Crippen molar-refractivity contribution in [1.29, 1.82) is 0 Å². The average molecular weight is 360 g/mol. The molecular weight excluding hydrogens is 342 g/mol. The van der Waals surface area contributed by atoms with Crippen LogP contribution in [0.3, 0.4) is 0 Å². The van der Waals surface area contributed by atoms with E-state index in [1.165, 1.54) is 42.2 Å². The molecule has 5 nitrogen and oxygen atoms in total. The highest BCUT2D eigenvalue weighted by Gasteiger charge is 2.20. The second-order valence-electron chi connectivity index (χ2n) is 5.69. The number of methoxy groups -OCH3 is 1. The summed E-state index contributed by atoms with van der Waals surface area (Å²) in [6.45, 7) is 0. The number of carbonyl (C=O) groups excluding carboxylic acids is 1. The Morgan fingerprint density at radius 3 is 3.00 bits per heavy atom. The number of carbonyl (C=O) groups is 1. The van der Waals surface area contributed by atoms with Crippen molar-refractivity contribution in [2.24, 2.45) is 0 Å². The topological polar surface area (TPSA) is 59.0 Å². The number of phenolic OH excluding ortho intramolecular Hbond substituents is 1. The number of aromatic hydroxyl groups is 1. The molecule has 0 saturated carbocycles. The van der Waals surface area contributed by atoms with Crippen LogP contribution in [0.4, 0.5) is 0 Å². The highest BCUT2D eigenvalue weighted by atomic mass is 35.5. The molecule has 1 aromatic rings. The van der Waals surface area contributed by atoms with E-state index in [1.54, 1.807) is 6.20 Å². The number of ether oxygens (including phenoxy) is 2. The van der Waals surface area contributed by atoms with Gasteiger partial charge in [0, 0.05) is 18.2 Å². The van der Waals surface area contributed by atoms with Crippen molar-refractivity contribution in [3.63, 3.8) is 0 Å². The fraction of sp³-hybridized carbons (Fsp3) is 0.211. The molecule has 1 aromatic carbocycles. The van der Waals surface area contributed by atoms with Crippen LogP contribution in [0.2, 0.25) is 5.02 Å². The summed E-state index contributed by atoms with van der Waals surface area (Å²) in [4.78, 5) is 14.2. The van der Waals surface area contributed by atoms with Crippen molar-refractivity contribution in [3.05, 3.63) is 70.9 Å². The van der Waals surface area contributed by atoms with Crippen molar-refractivity contribution in [2.75, 3.05) is 7.11 Å². The Bertz CT molecular complexity index is 808. The van der Waals surface area contributed by atoms with Crippen LogP contribution in [0.1, 0.15) is 29.6 Å². The maximum absolute atomic E-state index is 12.7. The van der Waals surface area contributed by atoms with Crippen molar-refractivity contribution >= 4 is 17.5 Å². The summed E-state index contributed by atoms with van der Waals surface area (Å²) in [5.74, 6) is 0.354. The Hall–Kier alpha value is -2.66. The van der Waals surface area contributed by atoms with Crippen LogP contribution < -0.4 is 4.74 Å². The van der Waals surface area contributed by atoms with Gasteiger partial charge in [-0.1, -0.05) is 35.4 Å². The third-order valence-electron chi connectivity index (χ3n) is 3.96. The average Bonchev–Trinajstić information content (AvgIpc) is 2.64. The lowest BCUT2D eigenvalue weighted by atomic mass is 10.0. The molecule has 0 aromatic heterocycles. The van der Waals surface area contributed by atoms with E-state index in [-0.39, 0.29) is 22.4 Å². The summed E-state index contributed by atoms with van der Waals surface area (Å²) in [7, 11) is 1.40. The number of amides is 1. The molecule has 6 heteroatoms. The lowest BCUT2D eigenvalue weighted by molar-refractivity contribution is 0.0853. The molecule has 0 bridgehead atoms. The molecule has 0 fully saturated rings. The standard InChI is InChI=1S/C19H18ClNO4/c1-24-17-11-14(10-16(20)18(17)22)19(23)21-7-8-25-15(12-21)9-13-5-3-2-4-6-13/h2-3,5,7-8,10-12,22H,4,6,9H2,1H3. The summed E-state index contributed by atoms with van der Waals surface area (Å²) in [5.41, 5.74) is 1.56. The monoisotopic (exact) mass is 359 g/mol. The summed E-state index contributed by atoms with van der Waals surface area (Å²) in [5, 5.41) is 9.86. The molecule has 2 aliphatic rings.